The molecule has 0 aliphatic heterocycles. The van der Waals surface area contributed by atoms with E-state index >= 15 is 0 Å². The number of aliphatic hydroxyl groups excluding tert-OH is 1. The lowest BCUT2D eigenvalue weighted by atomic mass is 10.0. The summed E-state index contributed by atoms with van der Waals surface area (Å²) >= 11 is 0. The minimum absolute atomic E-state index is 0.103. The summed E-state index contributed by atoms with van der Waals surface area (Å²) in [7, 11) is -9.87. The molecule has 0 aliphatic rings. The number of esters is 4. The molecule has 0 saturated carbocycles. The maximum Gasteiger partial charge on any atom is 0.472 e. The number of carbonyl (C=O) groups excluding carboxylic acids is 4. The van der Waals surface area contributed by atoms with Crippen molar-refractivity contribution in [3.8, 4) is 0 Å². The number of ether oxygens (including phenoxy) is 4. The number of phosphoric ester groups is 2. The summed E-state index contributed by atoms with van der Waals surface area (Å²) in [6, 6.07) is 0. The number of phosphoric acid groups is 2. The summed E-state index contributed by atoms with van der Waals surface area (Å²) in [6.07, 6.45) is 35.3. The van der Waals surface area contributed by atoms with Gasteiger partial charge in [-0.3, -0.25) is 37.3 Å². The Bertz CT molecular complexity index is 1580. The van der Waals surface area contributed by atoms with Crippen LogP contribution in [-0.2, 0) is 65.4 Å². The van der Waals surface area contributed by atoms with Crippen LogP contribution in [0.3, 0.4) is 0 Å². The fraction of sp³-hybridized carbons (Fsp3) is 0.934. The molecule has 0 bridgehead atoms. The monoisotopic (exact) mass is 1180 g/mol. The normalized spacial score (nSPS) is 14.4. The second kappa shape index (κ2) is 53.8. The largest absolute Gasteiger partial charge is 0.472 e. The van der Waals surface area contributed by atoms with Crippen molar-refractivity contribution in [3.63, 3.8) is 0 Å². The van der Waals surface area contributed by atoms with E-state index in [-0.39, 0.29) is 25.7 Å². The van der Waals surface area contributed by atoms with Crippen molar-refractivity contribution in [1.29, 1.82) is 0 Å². The highest BCUT2D eigenvalue weighted by atomic mass is 31.2. The molecule has 0 radical (unpaired) electrons. The van der Waals surface area contributed by atoms with Crippen LogP contribution < -0.4 is 0 Å². The summed E-state index contributed by atoms with van der Waals surface area (Å²) in [4.78, 5) is 71.7. The van der Waals surface area contributed by atoms with E-state index in [1.54, 1.807) is 0 Å². The van der Waals surface area contributed by atoms with Crippen molar-refractivity contribution < 1.29 is 80.2 Å². The van der Waals surface area contributed by atoms with Crippen LogP contribution >= 0.6 is 15.6 Å². The predicted octanol–water partition coefficient (Wildman–Crippen LogP) is 16.5. The number of carbonyl (C=O) groups is 4. The van der Waals surface area contributed by atoms with E-state index < -0.39 is 97.5 Å². The zero-order valence-corrected chi connectivity index (χ0v) is 53.2. The van der Waals surface area contributed by atoms with Gasteiger partial charge in [0.25, 0.3) is 0 Å². The molecule has 0 aromatic rings. The zero-order valence-electron chi connectivity index (χ0n) is 51.4. The first-order chi connectivity index (χ1) is 38.4. The van der Waals surface area contributed by atoms with E-state index in [2.05, 4.69) is 41.5 Å². The maximum absolute atomic E-state index is 12.9. The third-order valence-corrected chi connectivity index (χ3v) is 15.9. The van der Waals surface area contributed by atoms with Crippen LogP contribution in [0.1, 0.15) is 298 Å². The lowest BCUT2D eigenvalue weighted by Crippen LogP contribution is -2.30. The molecule has 0 heterocycles. The summed E-state index contributed by atoms with van der Waals surface area (Å²) < 4.78 is 67.6. The summed E-state index contributed by atoms with van der Waals surface area (Å²) in [5, 5.41) is 10.5. The third kappa shape index (κ3) is 55.3. The van der Waals surface area contributed by atoms with Gasteiger partial charge in [-0.1, -0.05) is 247 Å². The highest BCUT2D eigenvalue weighted by molar-refractivity contribution is 7.47. The van der Waals surface area contributed by atoms with Gasteiger partial charge in [0.2, 0.25) is 0 Å². The summed E-state index contributed by atoms with van der Waals surface area (Å²) in [5.41, 5.74) is 0. The number of rotatable bonds is 60. The SMILES string of the molecule is CCCCCCCCCC(=O)O[C@H](COC(=O)CCCCCCC)COP(=O)(O)OC[C@H](O)COP(=O)(O)OC[C@@H](COC(=O)CCCCCCCCCCCCCC(C)C)OC(=O)CCCCCCCCCCCCCC(C)C. The van der Waals surface area contributed by atoms with Crippen molar-refractivity contribution in [3.05, 3.63) is 0 Å². The quantitative estimate of drug-likeness (QED) is 0.0222. The van der Waals surface area contributed by atoms with Gasteiger partial charge in [-0.2, -0.15) is 0 Å². The van der Waals surface area contributed by atoms with Crippen molar-refractivity contribution in [1.82, 2.24) is 0 Å². The Morgan fingerprint density at radius 2 is 0.575 bits per heavy atom. The fourth-order valence-corrected chi connectivity index (χ4v) is 10.6. The topological polar surface area (TPSA) is 237 Å². The van der Waals surface area contributed by atoms with E-state index in [0.29, 0.717) is 25.7 Å². The molecule has 3 N–H and O–H groups in total. The molecule has 19 heteroatoms. The van der Waals surface area contributed by atoms with E-state index in [9.17, 15) is 43.2 Å². The smallest absolute Gasteiger partial charge is 0.462 e. The van der Waals surface area contributed by atoms with Crippen LogP contribution in [-0.4, -0.2) is 96.7 Å². The standard InChI is InChI=1S/C61H118O17P2/c1-7-9-11-13-24-33-39-45-60(65)77-56(49-71-58(63)43-37-29-12-10-8-2)51-75-79(67,68)73-47-55(62)48-74-80(69,70)76-52-57(78-61(66)46-40-34-28-23-19-15-17-21-26-31-36-42-54(5)6)50-72-59(64)44-38-32-27-22-18-14-16-20-25-30-35-41-53(3)4/h53-57,62H,7-52H2,1-6H3,(H,67,68)(H,69,70)/t55-,56+,57+/m0/s1. The van der Waals surface area contributed by atoms with Gasteiger partial charge in [0.05, 0.1) is 26.4 Å². The summed E-state index contributed by atoms with van der Waals surface area (Å²) in [6.45, 7) is 9.35. The molecule has 0 saturated heterocycles. The lowest BCUT2D eigenvalue weighted by Gasteiger charge is -2.21. The van der Waals surface area contributed by atoms with Crippen LogP contribution in [0.2, 0.25) is 0 Å². The third-order valence-electron chi connectivity index (χ3n) is 14.0. The van der Waals surface area contributed by atoms with Gasteiger partial charge < -0.3 is 33.8 Å². The van der Waals surface area contributed by atoms with Gasteiger partial charge in [0.1, 0.15) is 19.3 Å². The second-order valence-electron chi connectivity index (χ2n) is 23.0. The van der Waals surface area contributed by atoms with Gasteiger partial charge in [-0.15, -0.1) is 0 Å². The zero-order chi connectivity index (χ0) is 59.4. The van der Waals surface area contributed by atoms with E-state index in [1.165, 1.54) is 96.3 Å². The molecule has 80 heavy (non-hydrogen) atoms. The Hall–Kier alpha value is -1.94. The molecule has 474 valence electrons. The minimum Gasteiger partial charge on any atom is -0.462 e. The molecule has 0 aromatic heterocycles. The molecule has 5 atom stereocenters. The van der Waals surface area contributed by atoms with Crippen LogP contribution in [0.25, 0.3) is 0 Å². The van der Waals surface area contributed by atoms with E-state index in [4.69, 9.17) is 37.0 Å². The van der Waals surface area contributed by atoms with E-state index in [0.717, 1.165) is 121 Å². The van der Waals surface area contributed by atoms with Crippen molar-refractivity contribution in [2.75, 3.05) is 39.6 Å². The average molecular weight is 1190 g/mol. The molecule has 2 unspecified atom stereocenters. The Morgan fingerprint density at radius 1 is 0.338 bits per heavy atom. The molecule has 0 amide bonds. The van der Waals surface area contributed by atoms with Crippen LogP contribution in [0.4, 0.5) is 0 Å². The van der Waals surface area contributed by atoms with Gasteiger partial charge in [-0.05, 0) is 37.5 Å². The van der Waals surface area contributed by atoms with Gasteiger partial charge >= 0.3 is 39.5 Å². The first-order valence-corrected chi connectivity index (χ1v) is 35.0. The van der Waals surface area contributed by atoms with E-state index in [1.807, 2.05) is 0 Å². The molecular formula is C61H118O17P2. The van der Waals surface area contributed by atoms with Crippen molar-refractivity contribution in [2.24, 2.45) is 11.8 Å². The van der Waals surface area contributed by atoms with Gasteiger partial charge in [0, 0.05) is 25.7 Å². The Kier molecular flexibility index (Phi) is 52.5. The number of hydrogen-bond donors (Lipinski definition) is 3. The van der Waals surface area contributed by atoms with Crippen LogP contribution in [0.15, 0.2) is 0 Å². The molecule has 0 fully saturated rings. The van der Waals surface area contributed by atoms with Gasteiger partial charge in [0.15, 0.2) is 12.2 Å². The first-order valence-electron chi connectivity index (χ1n) is 32.0. The Balaban J connectivity index is 5.16. The fourth-order valence-electron chi connectivity index (χ4n) is 9.00. The lowest BCUT2D eigenvalue weighted by molar-refractivity contribution is -0.161. The minimum atomic E-state index is -4.94. The molecule has 0 spiro atoms. The average Bonchev–Trinajstić information content (AvgIpc) is 3.41. The Morgan fingerprint density at radius 3 is 0.850 bits per heavy atom. The molecular weight excluding hydrogens is 1070 g/mol. The predicted molar refractivity (Wildman–Crippen MR) is 317 cm³/mol. The summed E-state index contributed by atoms with van der Waals surface area (Å²) in [5.74, 6) is -0.616. The van der Waals surface area contributed by atoms with Crippen molar-refractivity contribution >= 4 is 39.5 Å². The van der Waals surface area contributed by atoms with Crippen LogP contribution in [0, 0.1) is 11.8 Å². The maximum atomic E-state index is 12.9. The van der Waals surface area contributed by atoms with Crippen molar-refractivity contribution in [2.45, 2.75) is 317 Å². The Labute approximate surface area is 486 Å². The number of hydrogen-bond acceptors (Lipinski definition) is 15. The number of aliphatic hydroxyl groups is 1. The number of unbranched alkanes of at least 4 members (excludes halogenated alkanes) is 30. The second-order valence-corrected chi connectivity index (χ2v) is 25.9. The first kappa shape index (κ1) is 78.1. The molecule has 0 aliphatic carbocycles. The molecule has 0 aromatic carbocycles. The highest BCUT2D eigenvalue weighted by Gasteiger charge is 2.30. The van der Waals surface area contributed by atoms with Gasteiger partial charge in [-0.25, -0.2) is 9.13 Å². The highest BCUT2D eigenvalue weighted by Crippen LogP contribution is 2.45. The molecule has 0 rings (SSSR count). The van der Waals surface area contributed by atoms with Crippen LogP contribution in [0.5, 0.6) is 0 Å². The molecule has 17 nitrogen and oxygen atoms in total.